The van der Waals surface area contributed by atoms with E-state index >= 15 is 0 Å². The van der Waals surface area contributed by atoms with Gasteiger partial charge in [0, 0.05) is 16.7 Å². The Bertz CT molecular complexity index is 771. The highest BCUT2D eigenvalue weighted by Gasteiger charge is 2.12. The number of anilines is 1. The Hall–Kier alpha value is -2.79. The van der Waals surface area contributed by atoms with Crippen molar-refractivity contribution in [3.05, 3.63) is 64.7 Å². The third kappa shape index (κ3) is 4.34. The molecule has 2 N–H and O–H groups in total. The third-order valence-electron chi connectivity index (χ3n) is 3.02. The summed E-state index contributed by atoms with van der Waals surface area (Å²) in [5.41, 5.74) is 0.836. The number of methoxy groups -OCH3 is 1. The molecule has 23 heavy (non-hydrogen) atoms. The van der Waals surface area contributed by atoms with Gasteiger partial charge in [-0.05, 0) is 30.3 Å². The van der Waals surface area contributed by atoms with Gasteiger partial charge in [-0.2, -0.15) is 0 Å². The van der Waals surface area contributed by atoms with E-state index in [4.69, 9.17) is 21.4 Å². The van der Waals surface area contributed by atoms with Crippen molar-refractivity contribution in [2.75, 3.05) is 12.4 Å². The van der Waals surface area contributed by atoms with Gasteiger partial charge in [0.05, 0.1) is 18.4 Å². The van der Waals surface area contributed by atoms with E-state index in [0.717, 1.165) is 5.56 Å². The predicted octanol–water partition coefficient (Wildman–Crippen LogP) is 3.70. The van der Waals surface area contributed by atoms with Gasteiger partial charge in [-0.25, -0.2) is 4.79 Å². The first-order chi connectivity index (χ1) is 11.0. The molecule has 6 heteroatoms. The SMILES string of the molecule is COc1ccccc1C=CC(=O)Nc1cc(Cl)ccc1C(=O)O. The molecular weight excluding hydrogens is 318 g/mol. The molecule has 5 nitrogen and oxygen atoms in total. The molecule has 0 radical (unpaired) electrons. The van der Waals surface area contributed by atoms with Gasteiger partial charge in [-0.1, -0.05) is 29.8 Å². The number of carboxylic acids is 1. The maximum atomic E-state index is 12.0. The fourth-order valence-corrected chi connectivity index (χ4v) is 2.12. The summed E-state index contributed by atoms with van der Waals surface area (Å²) in [6.07, 6.45) is 2.88. The molecule has 0 aliphatic carbocycles. The normalized spacial score (nSPS) is 10.5. The minimum atomic E-state index is -1.15. The van der Waals surface area contributed by atoms with Crippen LogP contribution < -0.4 is 10.1 Å². The number of carbonyl (C=O) groups excluding carboxylic acids is 1. The summed E-state index contributed by atoms with van der Waals surface area (Å²) < 4.78 is 5.18. The van der Waals surface area contributed by atoms with Gasteiger partial charge < -0.3 is 15.2 Å². The van der Waals surface area contributed by atoms with Crippen molar-refractivity contribution in [3.63, 3.8) is 0 Å². The Labute approximate surface area is 138 Å². The largest absolute Gasteiger partial charge is 0.496 e. The van der Waals surface area contributed by atoms with E-state index in [0.29, 0.717) is 10.8 Å². The molecule has 2 rings (SSSR count). The molecule has 0 saturated heterocycles. The highest BCUT2D eigenvalue weighted by Crippen LogP contribution is 2.22. The lowest BCUT2D eigenvalue weighted by Gasteiger charge is -2.07. The molecule has 0 spiro atoms. The number of ether oxygens (including phenoxy) is 1. The third-order valence-corrected chi connectivity index (χ3v) is 3.26. The smallest absolute Gasteiger partial charge is 0.337 e. The van der Waals surface area contributed by atoms with Crippen molar-refractivity contribution < 1.29 is 19.4 Å². The molecular formula is C17H14ClNO4. The Morgan fingerprint density at radius 2 is 1.96 bits per heavy atom. The van der Waals surface area contributed by atoms with Gasteiger partial charge in [-0.15, -0.1) is 0 Å². The number of para-hydroxylation sites is 1. The van der Waals surface area contributed by atoms with E-state index in [1.165, 1.54) is 31.4 Å². The first-order valence-electron chi connectivity index (χ1n) is 6.66. The minimum absolute atomic E-state index is 0.0339. The molecule has 0 aromatic heterocycles. The number of aromatic carboxylic acids is 1. The molecule has 0 atom stereocenters. The predicted molar refractivity (Wildman–Crippen MR) is 89.1 cm³/mol. The highest BCUT2D eigenvalue weighted by atomic mass is 35.5. The van der Waals surface area contributed by atoms with Crippen LogP contribution in [0.4, 0.5) is 5.69 Å². The van der Waals surface area contributed by atoms with E-state index in [2.05, 4.69) is 5.32 Å². The molecule has 1 amide bonds. The second kappa shape index (κ2) is 7.47. The molecule has 0 aliphatic rings. The van der Waals surface area contributed by atoms with Crippen LogP contribution >= 0.6 is 11.6 Å². The number of amides is 1. The van der Waals surface area contributed by atoms with Crippen molar-refractivity contribution in [1.29, 1.82) is 0 Å². The Morgan fingerprint density at radius 1 is 1.22 bits per heavy atom. The lowest BCUT2D eigenvalue weighted by atomic mass is 10.1. The number of carbonyl (C=O) groups is 2. The molecule has 0 saturated carbocycles. The number of carboxylic acid groups (broad SMARTS) is 1. The lowest BCUT2D eigenvalue weighted by Crippen LogP contribution is -2.12. The Balaban J connectivity index is 2.18. The Morgan fingerprint density at radius 3 is 2.65 bits per heavy atom. The molecule has 0 unspecified atom stereocenters. The summed E-state index contributed by atoms with van der Waals surface area (Å²) >= 11 is 5.84. The summed E-state index contributed by atoms with van der Waals surface area (Å²) in [5.74, 6) is -0.989. The quantitative estimate of drug-likeness (QED) is 0.819. The summed E-state index contributed by atoms with van der Waals surface area (Å²) in [7, 11) is 1.54. The molecule has 0 heterocycles. The zero-order valence-electron chi connectivity index (χ0n) is 12.2. The molecule has 2 aromatic carbocycles. The van der Waals surface area contributed by atoms with Gasteiger partial charge in [0.1, 0.15) is 5.75 Å². The van der Waals surface area contributed by atoms with Crippen molar-refractivity contribution in [2.45, 2.75) is 0 Å². The first kappa shape index (κ1) is 16.6. The number of rotatable bonds is 5. The van der Waals surface area contributed by atoms with Crippen LogP contribution in [0.15, 0.2) is 48.5 Å². The summed E-state index contributed by atoms with van der Waals surface area (Å²) in [6, 6.07) is 11.4. The van der Waals surface area contributed by atoms with Crippen LogP contribution in [0.2, 0.25) is 5.02 Å². The number of nitrogens with one attached hydrogen (secondary N) is 1. The van der Waals surface area contributed by atoms with Gasteiger partial charge in [-0.3, -0.25) is 4.79 Å². The standard InChI is InChI=1S/C17H14ClNO4/c1-23-15-5-3-2-4-11(15)6-9-16(20)19-14-10-12(18)7-8-13(14)17(21)22/h2-10H,1H3,(H,19,20)(H,21,22). The van der Waals surface area contributed by atoms with Crippen molar-refractivity contribution in [2.24, 2.45) is 0 Å². The van der Waals surface area contributed by atoms with E-state index in [1.807, 2.05) is 12.1 Å². The van der Waals surface area contributed by atoms with Crippen molar-refractivity contribution >= 4 is 35.2 Å². The molecule has 0 fully saturated rings. The fourth-order valence-electron chi connectivity index (χ4n) is 1.95. The number of hydrogen-bond donors (Lipinski definition) is 2. The Kier molecular flexibility index (Phi) is 5.38. The van der Waals surface area contributed by atoms with Crippen molar-refractivity contribution in [1.82, 2.24) is 0 Å². The number of hydrogen-bond acceptors (Lipinski definition) is 3. The van der Waals surface area contributed by atoms with Crippen LogP contribution in [0.1, 0.15) is 15.9 Å². The topological polar surface area (TPSA) is 75.6 Å². The maximum Gasteiger partial charge on any atom is 0.337 e. The monoisotopic (exact) mass is 331 g/mol. The summed E-state index contributed by atoms with van der Waals surface area (Å²) in [4.78, 5) is 23.1. The second-order valence-electron chi connectivity index (χ2n) is 4.56. The molecule has 2 aromatic rings. The van der Waals surface area contributed by atoms with Gasteiger partial charge in [0.2, 0.25) is 5.91 Å². The van der Waals surface area contributed by atoms with Gasteiger partial charge in [0.25, 0.3) is 0 Å². The summed E-state index contributed by atoms with van der Waals surface area (Å²) in [5, 5.41) is 12.0. The van der Waals surface area contributed by atoms with Crippen LogP contribution in [0.3, 0.4) is 0 Å². The fraction of sp³-hybridized carbons (Fsp3) is 0.0588. The number of halogens is 1. The lowest BCUT2D eigenvalue weighted by molar-refractivity contribution is -0.111. The average Bonchev–Trinajstić information content (AvgIpc) is 2.53. The number of benzene rings is 2. The van der Waals surface area contributed by atoms with Crippen LogP contribution in [0.5, 0.6) is 5.75 Å². The highest BCUT2D eigenvalue weighted by molar-refractivity contribution is 6.31. The second-order valence-corrected chi connectivity index (χ2v) is 5.00. The summed E-state index contributed by atoms with van der Waals surface area (Å²) in [6.45, 7) is 0. The maximum absolute atomic E-state index is 12.0. The zero-order valence-corrected chi connectivity index (χ0v) is 13.0. The van der Waals surface area contributed by atoms with Crippen LogP contribution in [0.25, 0.3) is 6.08 Å². The minimum Gasteiger partial charge on any atom is -0.496 e. The van der Waals surface area contributed by atoms with E-state index in [-0.39, 0.29) is 11.3 Å². The van der Waals surface area contributed by atoms with Crippen molar-refractivity contribution in [3.8, 4) is 5.75 Å². The van der Waals surface area contributed by atoms with Crippen LogP contribution in [0, 0.1) is 0 Å². The van der Waals surface area contributed by atoms with E-state index in [1.54, 1.807) is 18.2 Å². The molecule has 0 bridgehead atoms. The van der Waals surface area contributed by atoms with Crippen LogP contribution in [-0.4, -0.2) is 24.1 Å². The van der Waals surface area contributed by atoms with Gasteiger partial charge in [0.15, 0.2) is 0 Å². The molecule has 118 valence electrons. The van der Waals surface area contributed by atoms with Gasteiger partial charge >= 0.3 is 5.97 Å². The van der Waals surface area contributed by atoms with E-state index < -0.39 is 11.9 Å². The first-order valence-corrected chi connectivity index (χ1v) is 7.04. The average molecular weight is 332 g/mol. The molecule has 0 aliphatic heterocycles. The zero-order chi connectivity index (χ0) is 16.8. The van der Waals surface area contributed by atoms with Crippen LogP contribution in [-0.2, 0) is 4.79 Å². The van der Waals surface area contributed by atoms with E-state index in [9.17, 15) is 9.59 Å².